The first-order valence-corrected chi connectivity index (χ1v) is 3.10. The molecule has 1 aliphatic heterocycles. The number of ether oxygens (including phenoxy) is 1. The number of aliphatic hydroxyl groups is 1. The van der Waals surface area contributed by atoms with Crippen LogP contribution in [0, 0.1) is 0 Å². The summed E-state index contributed by atoms with van der Waals surface area (Å²) in [6.07, 6.45) is 2.04. The third kappa shape index (κ3) is 27.8. The smallest absolute Gasteiger partial charge is 0.0701 e. The van der Waals surface area contributed by atoms with E-state index in [2.05, 4.69) is 11.7 Å². The normalized spacial score (nSPS) is 12.7. The largest absolute Gasteiger partial charge is 0.396 e. The summed E-state index contributed by atoms with van der Waals surface area (Å²) in [4.78, 5) is 0. The first-order valence-electron chi connectivity index (χ1n) is 3.10. The molecule has 0 aromatic carbocycles. The maximum absolute atomic E-state index is 8.07. The first-order chi connectivity index (χ1) is 3.91. The van der Waals surface area contributed by atoms with Crippen LogP contribution in [0.1, 0.15) is 19.8 Å². The van der Waals surface area contributed by atoms with E-state index in [1.165, 1.54) is 0 Å². The van der Waals surface area contributed by atoms with Gasteiger partial charge >= 0.3 is 0 Å². The molecule has 9 heavy (non-hydrogen) atoms. The van der Waals surface area contributed by atoms with Crippen LogP contribution in [0.25, 0.3) is 0 Å². The van der Waals surface area contributed by atoms with Crippen LogP contribution in [-0.2, 0) is 4.74 Å². The maximum Gasteiger partial charge on any atom is 0.0701 e. The van der Waals surface area contributed by atoms with Gasteiger partial charge in [0, 0.05) is 36.2 Å². The van der Waals surface area contributed by atoms with E-state index < -0.39 is 0 Å². The number of epoxide rings is 1. The third-order valence-corrected chi connectivity index (χ3v) is 0.716. The predicted octanol–water partition coefficient (Wildman–Crippen LogP) is 0.415. The van der Waals surface area contributed by atoms with Gasteiger partial charge in [-0.3, -0.25) is 0 Å². The predicted molar refractivity (Wildman–Crippen MR) is 38.6 cm³/mol. The van der Waals surface area contributed by atoms with E-state index in [1.807, 2.05) is 0 Å². The molecule has 1 fully saturated rings. The van der Waals surface area contributed by atoms with Crippen LogP contribution in [0.2, 0.25) is 0 Å². The van der Waals surface area contributed by atoms with E-state index >= 15 is 0 Å². The summed E-state index contributed by atoms with van der Waals surface area (Å²) < 4.78 is 4.50. The maximum atomic E-state index is 8.07. The van der Waals surface area contributed by atoms with E-state index in [1.54, 1.807) is 0 Å². The van der Waals surface area contributed by atoms with Crippen LogP contribution in [0.5, 0.6) is 0 Å². The monoisotopic (exact) mass is 141 g/mol. The van der Waals surface area contributed by atoms with Crippen molar-refractivity contribution in [3.63, 3.8) is 0 Å². The van der Waals surface area contributed by atoms with Gasteiger partial charge < -0.3 is 9.84 Å². The molecule has 0 aromatic heterocycles. The topological polar surface area (TPSA) is 32.8 Å². The van der Waals surface area contributed by atoms with Crippen molar-refractivity contribution < 1.29 is 9.84 Å². The van der Waals surface area contributed by atoms with E-state index in [4.69, 9.17) is 5.11 Å². The number of hydrogen-bond acceptors (Lipinski definition) is 2. The average Bonchev–Trinajstić information content (AvgIpc) is 2.50. The van der Waals surface area contributed by atoms with Crippen LogP contribution in [0.4, 0.5) is 0 Å². The van der Waals surface area contributed by atoms with Gasteiger partial charge in [-0.25, -0.2) is 0 Å². The van der Waals surface area contributed by atoms with Gasteiger partial charge in [0.1, 0.15) is 0 Å². The molecule has 0 unspecified atom stereocenters. The summed E-state index contributed by atoms with van der Waals surface area (Å²) in [5.41, 5.74) is 0. The quantitative estimate of drug-likeness (QED) is 0.446. The summed E-state index contributed by atoms with van der Waals surface area (Å²) in [6, 6.07) is 0. The molecule has 0 atom stereocenters. The molecule has 1 N–H and O–H groups in total. The van der Waals surface area contributed by atoms with E-state index in [0.717, 1.165) is 26.1 Å². The second-order valence-corrected chi connectivity index (χ2v) is 1.69. The fourth-order valence-corrected chi connectivity index (χ4v) is 0.158. The Hall–Kier alpha value is 0.920. The van der Waals surface area contributed by atoms with Crippen LogP contribution in [0.15, 0.2) is 0 Å². The molecule has 0 aromatic rings. The molecule has 0 saturated carbocycles. The molecule has 0 bridgehead atoms. The van der Waals surface area contributed by atoms with Crippen molar-refractivity contribution in [1.29, 1.82) is 0 Å². The van der Waals surface area contributed by atoms with Crippen molar-refractivity contribution in [2.45, 2.75) is 19.8 Å². The molecular weight excluding hydrogens is 127 g/mol. The van der Waals surface area contributed by atoms with Crippen molar-refractivity contribution in [2.75, 3.05) is 19.8 Å². The molecule has 2 nitrogen and oxygen atoms in total. The zero-order valence-electron chi connectivity index (χ0n) is 6.39. The molecular formula is C6H14NaO2. The van der Waals surface area contributed by atoms with E-state index in [0.29, 0.717) is 6.61 Å². The van der Waals surface area contributed by atoms with Gasteiger partial charge in [-0.2, -0.15) is 0 Å². The molecule has 0 spiro atoms. The Kier molecular flexibility index (Phi) is 16.3. The Bertz CT molecular complexity index is 35.3. The van der Waals surface area contributed by atoms with Crippen molar-refractivity contribution >= 4 is 29.6 Å². The number of unbranched alkanes of at least 4 members (excludes halogenated alkanes) is 1. The van der Waals surface area contributed by atoms with Gasteiger partial charge in [0.05, 0.1) is 13.2 Å². The Labute approximate surface area is 78.9 Å². The molecule has 3 heteroatoms. The van der Waals surface area contributed by atoms with Gasteiger partial charge in [0.15, 0.2) is 0 Å². The molecule has 1 heterocycles. The van der Waals surface area contributed by atoms with Gasteiger partial charge in [0.2, 0.25) is 0 Å². The Morgan fingerprint density at radius 3 is 1.89 bits per heavy atom. The molecule has 1 rings (SSSR count). The fraction of sp³-hybridized carbons (Fsp3) is 1.00. The van der Waals surface area contributed by atoms with E-state index in [-0.39, 0.29) is 29.6 Å². The van der Waals surface area contributed by atoms with Gasteiger partial charge in [0.25, 0.3) is 0 Å². The second-order valence-electron chi connectivity index (χ2n) is 1.69. The van der Waals surface area contributed by atoms with Crippen LogP contribution >= 0.6 is 0 Å². The second kappa shape index (κ2) is 11.7. The van der Waals surface area contributed by atoms with Gasteiger partial charge in [-0.15, -0.1) is 0 Å². The van der Waals surface area contributed by atoms with Gasteiger partial charge in [-0.05, 0) is 6.42 Å². The minimum absolute atomic E-state index is 0. The zero-order chi connectivity index (χ0) is 6.24. The Balaban J connectivity index is 0. The van der Waals surface area contributed by atoms with Gasteiger partial charge in [-0.1, -0.05) is 13.3 Å². The Morgan fingerprint density at radius 2 is 1.89 bits per heavy atom. The molecule has 0 aliphatic carbocycles. The number of rotatable bonds is 2. The van der Waals surface area contributed by atoms with Crippen molar-refractivity contribution in [3.8, 4) is 0 Å². The first kappa shape index (κ1) is 12.6. The molecule has 51 valence electrons. The fourth-order valence-electron chi connectivity index (χ4n) is 0.158. The number of aliphatic hydroxyl groups excluding tert-OH is 1. The standard InChI is InChI=1S/C4H10O.C2H4O.Na/c1-2-3-4-5;1-2-3-1;/h5H,2-4H2,1H3;1-2H2;. The van der Waals surface area contributed by atoms with Crippen molar-refractivity contribution in [1.82, 2.24) is 0 Å². The average molecular weight is 141 g/mol. The summed E-state index contributed by atoms with van der Waals surface area (Å²) in [6.45, 7) is 4.40. The molecule has 1 radical (unpaired) electrons. The molecule has 1 aliphatic rings. The SMILES string of the molecule is C1CO1.CCCCO.[Na]. The number of hydrogen-bond donors (Lipinski definition) is 1. The van der Waals surface area contributed by atoms with Crippen LogP contribution < -0.4 is 0 Å². The third-order valence-electron chi connectivity index (χ3n) is 0.716. The Morgan fingerprint density at radius 1 is 1.44 bits per heavy atom. The minimum atomic E-state index is 0. The summed E-state index contributed by atoms with van der Waals surface area (Å²) in [7, 11) is 0. The molecule has 1 saturated heterocycles. The molecule has 0 amide bonds. The minimum Gasteiger partial charge on any atom is -0.396 e. The van der Waals surface area contributed by atoms with Crippen molar-refractivity contribution in [2.24, 2.45) is 0 Å². The van der Waals surface area contributed by atoms with Crippen molar-refractivity contribution in [3.05, 3.63) is 0 Å². The summed E-state index contributed by atoms with van der Waals surface area (Å²) >= 11 is 0. The summed E-state index contributed by atoms with van der Waals surface area (Å²) in [5, 5.41) is 8.07. The van der Waals surface area contributed by atoms with E-state index in [9.17, 15) is 0 Å². The summed E-state index contributed by atoms with van der Waals surface area (Å²) in [5.74, 6) is 0. The van der Waals surface area contributed by atoms with Crippen LogP contribution in [0.3, 0.4) is 0 Å². The zero-order valence-corrected chi connectivity index (χ0v) is 8.39. The van der Waals surface area contributed by atoms with Crippen LogP contribution in [-0.4, -0.2) is 54.5 Å².